The van der Waals surface area contributed by atoms with E-state index in [1.54, 1.807) is 42.7 Å². The van der Waals surface area contributed by atoms with Crippen molar-refractivity contribution in [3.63, 3.8) is 0 Å². The number of phenols is 1. The second-order valence-corrected chi connectivity index (χ2v) is 14.7. The van der Waals surface area contributed by atoms with E-state index >= 15 is 0 Å². The molecule has 3 aliphatic rings. The van der Waals surface area contributed by atoms with Gasteiger partial charge in [0, 0.05) is 77.9 Å². The van der Waals surface area contributed by atoms with Crippen LogP contribution in [0.25, 0.3) is 33.4 Å². The molecule has 3 saturated heterocycles. The second kappa shape index (κ2) is 12.4. The summed E-state index contributed by atoms with van der Waals surface area (Å²) in [4.78, 5) is 13.8. The zero-order valence-electron chi connectivity index (χ0n) is 27.3. The third kappa shape index (κ3) is 5.55. The van der Waals surface area contributed by atoms with Crippen LogP contribution in [0.5, 0.6) is 5.75 Å². The molecule has 6 aromatic rings. The Balaban J connectivity index is 1.15. The maximum absolute atomic E-state index is 14.3. The topological polar surface area (TPSA) is 157 Å². The number of hydrogen-bond acceptors (Lipinski definition) is 10. The number of piperazine rings is 1. The molecule has 0 saturated carbocycles. The molecule has 0 spiro atoms. The molecule has 254 valence electrons. The van der Waals surface area contributed by atoms with E-state index < -0.39 is 10.0 Å². The van der Waals surface area contributed by atoms with Gasteiger partial charge in [-0.05, 0) is 61.9 Å². The van der Waals surface area contributed by atoms with Gasteiger partial charge in [-0.1, -0.05) is 17.7 Å². The standard InChI is InChI=1S/C37H30FN9O3S/c1-23-2-6-31(7-3-23)51(49,50)47-33(27-18-43-45(19-27)11-10-39)14-32-36(26(15-40)17-42-37(32)47)24-4-9-35(41-16-24)44-21-29-13-30(22-44)46(29)20-25-12-28(38)5-8-34(25)48/h2-9,12,14,16-19,29-30,48H,11,13,20-22H2,1H3. The first-order valence-electron chi connectivity index (χ1n) is 16.3. The van der Waals surface area contributed by atoms with Crippen LogP contribution in [0, 0.1) is 35.4 Å². The lowest BCUT2D eigenvalue weighted by Crippen LogP contribution is -2.68. The van der Waals surface area contributed by atoms with Crippen LogP contribution in [0.4, 0.5) is 10.2 Å². The molecule has 12 nitrogen and oxygen atoms in total. The number of fused-ring (bicyclic) bond motifs is 3. The van der Waals surface area contributed by atoms with Crippen molar-refractivity contribution < 1.29 is 17.9 Å². The highest BCUT2D eigenvalue weighted by atomic mass is 32.2. The average Bonchev–Trinajstić information content (AvgIpc) is 3.77. The van der Waals surface area contributed by atoms with Crippen LogP contribution in [0.15, 0.2) is 90.3 Å². The lowest BCUT2D eigenvalue weighted by molar-refractivity contribution is -0.00921. The highest BCUT2D eigenvalue weighted by Gasteiger charge is 2.45. The number of nitrogens with zero attached hydrogens (tertiary/aromatic N) is 9. The first-order valence-corrected chi connectivity index (χ1v) is 17.7. The van der Waals surface area contributed by atoms with E-state index in [-0.39, 0.29) is 52.0 Å². The molecule has 4 aromatic heterocycles. The molecule has 14 heteroatoms. The Kier molecular flexibility index (Phi) is 7.78. The van der Waals surface area contributed by atoms with Gasteiger partial charge in [0.25, 0.3) is 10.0 Å². The van der Waals surface area contributed by atoms with Gasteiger partial charge in [-0.15, -0.1) is 0 Å². The van der Waals surface area contributed by atoms with E-state index in [9.17, 15) is 28.4 Å². The largest absolute Gasteiger partial charge is 0.508 e. The summed E-state index contributed by atoms with van der Waals surface area (Å²) in [5, 5.41) is 34.3. The van der Waals surface area contributed by atoms with Gasteiger partial charge in [0.2, 0.25) is 0 Å². The summed E-state index contributed by atoms with van der Waals surface area (Å²) in [7, 11) is -4.18. The highest BCUT2D eigenvalue weighted by Crippen LogP contribution is 2.40. The van der Waals surface area contributed by atoms with Crippen LogP contribution in [0.1, 0.15) is 23.1 Å². The fourth-order valence-electron chi connectivity index (χ4n) is 7.17. The first-order chi connectivity index (χ1) is 24.6. The summed E-state index contributed by atoms with van der Waals surface area (Å²) in [6.45, 7) is 3.75. The number of rotatable bonds is 8. The molecule has 7 heterocycles. The van der Waals surface area contributed by atoms with Gasteiger partial charge < -0.3 is 10.0 Å². The van der Waals surface area contributed by atoms with Crippen molar-refractivity contribution in [2.24, 2.45) is 0 Å². The van der Waals surface area contributed by atoms with Crippen molar-refractivity contribution in [2.45, 2.75) is 43.4 Å². The zero-order valence-corrected chi connectivity index (χ0v) is 28.2. The fraction of sp³-hybridized carbons (Fsp3) is 0.216. The van der Waals surface area contributed by atoms with Gasteiger partial charge in [-0.3, -0.25) is 9.58 Å². The Hall–Kier alpha value is -6.09. The number of aryl methyl sites for hydroxylation is 1. The molecule has 0 amide bonds. The van der Waals surface area contributed by atoms with Crippen LogP contribution in [-0.4, -0.2) is 67.3 Å². The second-order valence-electron chi connectivity index (χ2n) is 12.9. The third-order valence-electron chi connectivity index (χ3n) is 9.73. The number of nitriles is 2. The Bertz CT molecular complexity index is 2500. The molecule has 0 radical (unpaired) electrons. The molecular formula is C37H30FN9O3S. The van der Waals surface area contributed by atoms with E-state index in [1.165, 1.54) is 39.2 Å². The molecule has 0 aliphatic carbocycles. The minimum absolute atomic E-state index is 0.0157. The smallest absolute Gasteiger partial charge is 0.269 e. The van der Waals surface area contributed by atoms with Crippen LogP contribution >= 0.6 is 0 Å². The number of piperidine rings is 1. The SMILES string of the molecule is Cc1ccc(S(=O)(=O)n2c(-c3cnn(CC#N)c3)cc3c(-c4ccc(N5CC6CC(C5)N6Cc5cc(F)ccc5O)nc4)c(C#N)cnc32)cc1. The number of benzene rings is 2. The first kappa shape index (κ1) is 32.1. The van der Waals surface area contributed by atoms with Crippen LogP contribution in [0.2, 0.25) is 0 Å². The average molecular weight is 700 g/mol. The maximum Gasteiger partial charge on any atom is 0.269 e. The summed E-state index contributed by atoms with van der Waals surface area (Å²) < 4.78 is 45.0. The third-order valence-corrected chi connectivity index (χ3v) is 11.4. The Morgan fingerprint density at radius 2 is 1.75 bits per heavy atom. The number of pyridine rings is 2. The summed E-state index contributed by atoms with van der Waals surface area (Å²) in [5.41, 5.74) is 3.72. The van der Waals surface area contributed by atoms with Crippen molar-refractivity contribution in [3.05, 3.63) is 108 Å². The predicted octanol–water partition coefficient (Wildman–Crippen LogP) is 5.21. The molecule has 3 aliphatic heterocycles. The van der Waals surface area contributed by atoms with E-state index in [0.717, 1.165) is 17.8 Å². The van der Waals surface area contributed by atoms with Gasteiger partial charge in [-0.25, -0.2) is 26.7 Å². The lowest BCUT2D eigenvalue weighted by atomic mass is 9.86. The normalized spacial score (nSPS) is 17.2. The molecule has 3 fully saturated rings. The molecule has 51 heavy (non-hydrogen) atoms. The Morgan fingerprint density at radius 1 is 0.961 bits per heavy atom. The van der Waals surface area contributed by atoms with Crippen LogP contribution in [0.3, 0.4) is 0 Å². The van der Waals surface area contributed by atoms with Gasteiger partial charge in [-0.2, -0.15) is 15.6 Å². The van der Waals surface area contributed by atoms with Gasteiger partial charge >= 0.3 is 0 Å². The van der Waals surface area contributed by atoms with E-state index in [2.05, 4.69) is 26.0 Å². The summed E-state index contributed by atoms with van der Waals surface area (Å²) in [6.07, 6.45) is 7.17. The van der Waals surface area contributed by atoms with Crippen molar-refractivity contribution in [1.29, 1.82) is 10.5 Å². The van der Waals surface area contributed by atoms with Crippen molar-refractivity contribution >= 4 is 26.9 Å². The number of aromatic hydroxyl groups is 1. The van der Waals surface area contributed by atoms with E-state index in [1.807, 2.05) is 25.1 Å². The van der Waals surface area contributed by atoms with E-state index in [0.29, 0.717) is 47.3 Å². The van der Waals surface area contributed by atoms with Crippen molar-refractivity contribution in [2.75, 3.05) is 18.0 Å². The molecule has 2 unspecified atom stereocenters. The number of anilines is 1. The molecule has 1 N–H and O–H groups in total. The summed E-state index contributed by atoms with van der Waals surface area (Å²) in [5.74, 6) is 0.468. The summed E-state index contributed by atoms with van der Waals surface area (Å²) >= 11 is 0. The minimum atomic E-state index is -4.18. The molecule has 2 atom stereocenters. The van der Waals surface area contributed by atoms with Gasteiger partial charge in [0.1, 0.15) is 30.0 Å². The van der Waals surface area contributed by atoms with Crippen molar-refractivity contribution in [3.8, 4) is 40.3 Å². The lowest BCUT2D eigenvalue weighted by Gasteiger charge is -2.56. The summed E-state index contributed by atoms with van der Waals surface area (Å²) in [6, 6.07) is 20.7. The molecular weight excluding hydrogens is 670 g/mol. The highest BCUT2D eigenvalue weighted by molar-refractivity contribution is 7.90. The van der Waals surface area contributed by atoms with E-state index in [4.69, 9.17) is 4.98 Å². The number of halogens is 1. The van der Waals surface area contributed by atoms with Crippen LogP contribution < -0.4 is 4.90 Å². The number of phenolic OH excluding ortho intramolecular Hbond substituents is 1. The van der Waals surface area contributed by atoms with Crippen molar-refractivity contribution in [1.82, 2.24) is 28.6 Å². The van der Waals surface area contributed by atoms with Crippen LogP contribution in [-0.2, 0) is 23.1 Å². The fourth-order valence-corrected chi connectivity index (χ4v) is 8.65. The number of hydrogen-bond donors (Lipinski definition) is 1. The minimum Gasteiger partial charge on any atom is -0.508 e. The van der Waals surface area contributed by atoms with Gasteiger partial charge in [0.05, 0.1) is 28.4 Å². The monoisotopic (exact) mass is 699 g/mol. The molecule has 2 bridgehead atoms. The molecule has 2 aromatic carbocycles. The Morgan fingerprint density at radius 3 is 2.45 bits per heavy atom. The molecule has 9 rings (SSSR count). The van der Waals surface area contributed by atoms with Gasteiger partial charge in [0.15, 0.2) is 5.65 Å². The number of aromatic nitrogens is 5. The quantitative estimate of drug-likeness (QED) is 0.224. The predicted molar refractivity (Wildman–Crippen MR) is 186 cm³/mol. The maximum atomic E-state index is 14.3. The Labute approximate surface area is 292 Å². The zero-order chi connectivity index (χ0) is 35.4.